The number of benzene rings is 1. The first-order valence-corrected chi connectivity index (χ1v) is 9.68. The van der Waals surface area contributed by atoms with E-state index in [4.69, 9.17) is 5.73 Å². The lowest BCUT2D eigenvalue weighted by Gasteiger charge is -2.27. The molecule has 1 unspecified atom stereocenters. The van der Waals surface area contributed by atoms with Crippen LogP contribution < -0.4 is 42.8 Å². The van der Waals surface area contributed by atoms with Crippen molar-refractivity contribution in [3.63, 3.8) is 0 Å². The van der Waals surface area contributed by atoms with Crippen LogP contribution in [0.5, 0.6) is 0 Å². The zero-order valence-electron chi connectivity index (χ0n) is 16.8. The Morgan fingerprint density at radius 3 is 2.59 bits per heavy atom. The summed E-state index contributed by atoms with van der Waals surface area (Å²) in [4.78, 5) is 52.3. The highest BCUT2D eigenvalue weighted by atomic mass is 16.4. The minimum absolute atomic E-state index is 0.0218. The number of aliphatic carboxylic acids is 2. The van der Waals surface area contributed by atoms with E-state index < -0.39 is 30.3 Å². The van der Waals surface area contributed by atoms with E-state index in [0.29, 0.717) is 30.3 Å². The SMILES string of the molecule is Nc1nc2c(c(=O)[nH]1)NC(CNc1ccc(C(=O)N[C@@H](CCC(=O)[O-])C(=O)[O-])cc1)CN2. The van der Waals surface area contributed by atoms with Gasteiger partial charge >= 0.3 is 0 Å². The molecule has 1 amide bonds. The van der Waals surface area contributed by atoms with Crippen LogP contribution in [0.15, 0.2) is 29.1 Å². The fraction of sp³-hybridized carbons (Fsp3) is 0.316. The van der Waals surface area contributed by atoms with Crippen LogP contribution in [-0.2, 0) is 9.59 Å². The second-order valence-corrected chi connectivity index (χ2v) is 7.11. The van der Waals surface area contributed by atoms with Gasteiger partial charge in [0.15, 0.2) is 5.82 Å². The Bertz CT molecular complexity index is 1070. The first kappa shape index (κ1) is 22.4. The molecule has 13 heteroatoms. The van der Waals surface area contributed by atoms with Gasteiger partial charge in [-0.3, -0.25) is 14.6 Å². The zero-order valence-corrected chi connectivity index (χ0v) is 16.8. The predicted molar refractivity (Wildman–Crippen MR) is 111 cm³/mol. The molecule has 7 N–H and O–H groups in total. The molecule has 170 valence electrons. The van der Waals surface area contributed by atoms with Gasteiger partial charge in [0.1, 0.15) is 5.69 Å². The van der Waals surface area contributed by atoms with Crippen molar-refractivity contribution in [1.29, 1.82) is 0 Å². The molecule has 0 bridgehead atoms. The molecular weight excluding hydrogens is 422 g/mol. The van der Waals surface area contributed by atoms with E-state index >= 15 is 0 Å². The number of carbonyl (C=O) groups is 3. The number of rotatable bonds is 9. The van der Waals surface area contributed by atoms with Crippen molar-refractivity contribution in [2.24, 2.45) is 0 Å². The summed E-state index contributed by atoms with van der Waals surface area (Å²) < 4.78 is 0. The number of nitrogen functional groups attached to an aromatic ring is 1. The van der Waals surface area contributed by atoms with Crippen molar-refractivity contribution in [3.05, 3.63) is 40.2 Å². The van der Waals surface area contributed by atoms with Crippen LogP contribution in [0.2, 0.25) is 0 Å². The average molecular weight is 443 g/mol. The summed E-state index contributed by atoms with van der Waals surface area (Å²) in [5, 5.41) is 33.1. The fourth-order valence-electron chi connectivity index (χ4n) is 3.08. The summed E-state index contributed by atoms with van der Waals surface area (Å²) in [5.74, 6) is -3.27. The lowest BCUT2D eigenvalue weighted by Crippen LogP contribution is -2.48. The van der Waals surface area contributed by atoms with Crippen molar-refractivity contribution in [3.8, 4) is 0 Å². The summed E-state index contributed by atoms with van der Waals surface area (Å²) in [6.07, 6.45) is -0.863. The van der Waals surface area contributed by atoms with Crippen molar-refractivity contribution in [1.82, 2.24) is 15.3 Å². The minimum Gasteiger partial charge on any atom is -0.550 e. The molecule has 1 aliphatic rings. The normalized spacial score (nSPS) is 15.4. The monoisotopic (exact) mass is 443 g/mol. The quantitative estimate of drug-likeness (QED) is 0.230. The maximum absolute atomic E-state index is 12.2. The Kier molecular flexibility index (Phi) is 6.77. The van der Waals surface area contributed by atoms with Gasteiger partial charge in [0.05, 0.1) is 18.1 Å². The molecular formula is C19H21N7O6-2. The minimum atomic E-state index is -1.58. The molecule has 0 radical (unpaired) electrons. The molecule has 32 heavy (non-hydrogen) atoms. The van der Waals surface area contributed by atoms with E-state index in [9.17, 15) is 29.4 Å². The number of amides is 1. The van der Waals surface area contributed by atoms with Gasteiger partial charge in [0, 0.05) is 30.3 Å². The molecule has 1 aromatic heterocycles. The Labute approximate surface area is 181 Å². The van der Waals surface area contributed by atoms with Crippen LogP contribution >= 0.6 is 0 Å². The maximum atomic E-state index is 12.2. The van der Waals surface area contributed by atoms with Gasteiger partial charge in [-0.2, -0.15) is 4.98 Å². The van der Waals surface area contributed by atoms with Crippen LogP contribution in [-0.4, -0.2) is 53.0 Å². The lowest BCUT2D eigenvalue weighted by molar-refractivity contribution is -0.309. The second-order valence-electron chi connectivity index (χ2n) is 7.11. The smallest absolute Gasteiger partial charge is 0.277 e. The van der Waals surface area contributed by atoms with E-state index in [1.807, 2.05) is 0 Å². The Balaban J connectivity index is 1.54. The molecule has 1 aromatic carbocycles. The average Bonchev–Trinajstić information content (AvgIpc) is 2.75. The standard InChI is InChI=1S/C19H23N7O6/c20-19-25-15-14(17(30)26-19)23-11(8-22-15)7-21-10-3-1-9(2-4-10)16(29)24-12(18(31)32)5-6-13(27)28/h1-4,11-12,21,23H,5-8H2,(H,24,29)(H,27,28)(H,31,32)(H4,20,22,25,26,30)/p-2/t11?,12-/m0/s1. The van der Waals surface area contributed by atoms with Crippen LogP contribution in [0.4, 0.5) is 23.1 Å². The number of nitrogens with two attached hydrogens (primary N) is 1. The van der Waals surface area contributed by atoms with Crippen molar-refractivity contribution < 1.29 is 24.6 Å². The number of aromatic nitrogens is 2. The highest BCUT2D eigenvalue weighted by molar-refractivity contribution is 5.96. The van der Waals surface area contributed by atoms with Gasteiger partial charge in [0.25, 0.3) is 11.5 Å². The number of carboxylic acid groups (broad SMARTS) is 2. The van der Waals surface area contributed by atoms with Crippen molar-refractivity contribution in [2.45, 2.75) is 24.9 Å². The molecule has 0 aliphatic carbocycles. The number of nitrogens with zero attached hydrogens (tertiary/aromatic N) is 1. The van der Waals surface area contributed by atoms with Gasteiger partial charge < -0.3 is 46.8 Å². The highest BCUT2D eigenvalue weighted by Crippen LogP contribution is 2.20. The van der Waals surface area contributed by atoms with Gasteiger partial charge in [-0.25, -0.2) is 0 Å². The van der Waals surface area contributed by atoms with Crippen LogP contribution in [0.3, 0.4) is 0 Å². The predicted octanol–water partition coefficient (Wildman–Crippen LogP) is -2.95. The van der Waals surface area contributed by atoms with Crippen LogP contribution in [0, 0.1) is 0 Å². The molecule has 2 aromatic rings. The summed E-state index contributed by atoms with van der Waals surface area (Å²) in [6.45, 7) is 0.935. The topological polar surface area (TPSA) is 217 Å². The molecule has 0 fully saturated rings. The molecule has 0 saturated heterocycles. The number of carboxylic acids is 2. The molecule has 2 atom stereocenters. The van der Waals surface area contributed by atoms with E-state index in [0.717, 1.165) is 0 Å². The largest absolute Gasteiger partial charge is 0.550 e. The van der Waals surface area contributed by atoms with Gasteiger partial charge in [-0.05, 0) is 37.1 Å². The zero-order chi connectivity index (χ0) is 23.3. The summed E-state index contributed by atoms with van der Waals surface area (Å²) in [7, 11) is 0. The van der Waals surface area contributed by atoms with E-state index in [-0.39, 0.29) is 29.5 Å². The summed E-state index contributed by atoms with van der Waals surface area (Å²) >= 11 is 0. The lowest BCUT2D eigenvalue weighted by atomic mass is 10.1. The third-order valence-corrected chi connectivity index (χ3v) is 4.73. The molecule has 3 rings (SSSR count). The number of hydrogen-bond donors (Lipinski definition) is 6. The Hall–Kier alpha value is -4.29. The first-order chi connectivity index (χ1) is 15.2. The van der Waals surface area contributed by atoms with Crippen LogP contribution in [0.1, 0.15) is 23.2 Å². The Morgan fingerprint density at radius 1 is 1.22 bits per heavy atom. The van der Waals surface area contributed by atoms with E-state index in [1.54, 1.807) is 12.1 Å². The number of nitrogens with one attached hydrogen (secondary N) is 5. The second kappa shape index (κ2) is 9.68. The van der Waals surface area contributed by atoms with Crippen LogP contribution in [0.25, 0.3) is 0 Å². The summed E-state index contributed by atoms with van der Waals surface area (Å²) in [6, 6.07) is 4.65. The third-order valence-electron chi connectivity index (χ3n) is 4.73. The Morgan fingerprint density at radius 2 is 1.94 bits per heavy atom. The summed E-state index contributed by atoms with van der Waals surface area (Å²) in [5.41, 5.74) is 6.32. The molecule has 13 nitrogen and oxygen atoms in total. The fourth-order valence-corrected chi connectivity index (χ4v) is 3.08. The number of hydrogen-bond acceptors (Lipinski definition) is 11. The number of fused-ring (bicyclic) bond motifs is 1. The van der Waals surface area contributed by atoms with Crippen molar-refractivity contribution >= 4 is 41.0 Å². The maximum Gasteiger partial charge on any atom is 0.277 e. The number of anilines is 4. The molecule has 2 heterocycles. The van der Waals surface area contributed by atoms with Gasteiger partial charge in [-0.1, -0.05) is 0 Å². The molecule has 1 aliphatic heterocycles. The van der Waals surface area contributed by atoms with E-state index in [2.05, 4.69) is 31.2 Å². The number of aromatic amines is 1. The number of carbonyl (C=O) groups excluding carboxylic acids is 3. The third kappa shape index (κ3) is 5.65. The van der Waals surface area contributed by atoms with Crippen molar-refractivity contribution in [2.75, 3.05) is 34.8 Å². The molecule has 0 saturated carbocycles. The molecule has 0 spiro atoms. The van der Waals surface area contributed by atoms with E-state index in [1.165, 1.54) is 12.1 Å². The first-order valence-electron chi connectivity index (χ1n) is 9.68. The van der Waals surface area contributed by atoms with Gasteiger partial charge in [-0.15, -0.1) is 0 Å². The number of H-pyrrole nitrogens is 1. The highest BCUT2D eigenvalue weighted by Gasteiger charge is 2.21. The van der Waals surface area contributed by atoms with Gasteiger partial charge in [0.2, 0.25) is 5.95 Å².